The molecule has 25 heavy (non-hydrogen) atoms. The summed E-state index contributed by atoms with van der Waals surface area (Å²) in [4.78, 5) is 0. The second-order valence-electron chi connectivity index (χ2n) is 6.37. The predicted octanol–water partition coefficient (Wildman–Crippen LogP) is 5.92. The van der Waals surface area contributed by atoms with Crippen molar-refractivity contribution >= 4 is 6.08 Å². The van der Waals surface area contributed by atoms with Crippen molar-refractivity contribution in [3.05, 3.63) is 113 Å². The summed E-state index contributed by atoms with van der Waals surface area (Å²) in [5.74, 6) is 0.0299. The minimum Gasteiger partial charge on any atom is -0.388 e. The summed E-state index contributed by atoms with van der Waals surface area (Å²) in [5, 5.41) is 11.1. The molecule has 0 saturated heterocycles. The molecule has 126 valence electrons. The molecule has 2 atom stereocenters. The maximum absolute atomic E-state index is 11.1. The number of aliphatic hydroxyl groups excluding tert-OH is 1. The first-order valence-corrected chi connectivity index (χ1v) is 8.76. The topological polar surface area (TPSA) is 20.2 Å². The highest BCUT2D eigenvalue weighted by atomic mass is 16.3. The molecular weight excluding hydrogens is 304 g/mol. The maximum atomic E-state index is 11.1. The molecule has 1 nitrogen and oxygen atoms in total. The third-order valence-electron chi connectivity index (χ3n) is 4.62. The molecule has 0 spiro atoms. The van der Waals surface area contributed by atoms with E-state index < -0.39 is 6.10 Å². The highest BCUT2D eigenvalue weighted by molar-refractivity contribution is 5.49. The zero-order valence-corrected chi connectivity index (χ0v) is 14.5. The molecule has 0 aliphatic heterocycles. The van der Waals surface area contributed by atoms with Crippen LogP contribution in [-0.2, 0) is 0 Å². The second kappa shape index (κ2) is 8.46. The molecule has 3 aromatic carbocycles. The fourth-order valence-electron chi connectivity index (χ4n) is 3.20. The van der Waals surface area contributed by atoms with Crippen molar-refractivity contribution in [3.63, 3.8) is 0 Å². The summed E-state index contributed by atoms with van der Waals surface area (Å²) in [5.41, 5.74) is 4.48. The molecule has 0 aliphatic rings. The quantitative estimate of drug-likeness (QED) is 0.596. The van der Waals surface area contributed by atoms with Crippen LogP contribution in [0.5, 0.6) is 0 Å². The van der Waals surface area contributed by atoms with Crippen LogP contribution in [0.2, 0.25) is 0 Å². The summed E-state index contributed by atoms with van der Waals surface area (Å²) in [6, 6.07) is 28.6. The Balaban J connectivity index is 1.85. The van der Waals surface area contributed by atoms with Crippen LogP contribution in [0.15, 0.2) is 91.0 Å². The van der Waals surface area contributed by atoms with Gasteiger partial charge in [-0.1, -0.05) is 97.1 Å². The lowest BCUT2D eigenvalue weighted by Gasteiger charge is -2.24. The molecule has 0 fully saturated rings. The van der Waals surface area contributed by atoms with Gasteiger partial charge >= 0.3 is 0 Å². The first-order chi connectivity index (χ1) is 12.3. The Hall–Kier alpha value is -2.64. The van der Waals surface area contributed by atoms with Crippen molar-refractivity contribution < 1.29 is 5.11 Å². The largest absolute Gasteiger partial charge is 0.388 e. The Morgan fingerprint density at radius 2 is 1.40 bits per heavy atom. The fourth-order valence-corrected chi connectivity index (χ4v) is 3.20. The molecule has 0 radical (unpaired) electrons. The van der Waals surface area contributed by atoms with Crippen LogP contribution < -0.4 is 0 Å². The highest BCUT2D eigenvalue weighted by Crippen LogP contribution is 2.35. The van der Waals surface area contributed by atoms with Gasteiger partial charge in [0.15, 0.2) is 0 Å². The third-order valence-corrected chi connectivity index (χ3v) is 4.62. The van der Waals surface area contributed by atoms with Gasteiger partial charge in [0, 0.05) is 5.92 Å². The average molecular weight is 328 g/mol. The van der Waals surface area contributed by atoms with Crippen LogP contribution in [0.4, 0.5) is 0 Å². The van der Waals surface area contributed by atoms with Gasteiger partial charge in [-0.15, -0.1) is 0 Å². The van der Waals surface area contributed by atoms with E-state index in [-0.39, 0.29) is 5.92 Å². The summed E-state index contributed by atoms with van der Waals surface area (Å²) in [7, 11) is 0. The highest BCUT2D eigenvalue weighted by Gasteiger charge is 2.22. The molecule has 0 heterocycles. The number of aryl methyl sites for hydroxylation is 1. The van der Waals surface area contributed by atoms with E-state index in [2.05, 4.69) is 49.4 Å². The Bertz CT molecular complexity index is 806. The van der Waals surface area contributed by atoms with Gasteiger partial charge in [-0.25, -0.2) is 0 Å². The van der Waals surface area contributed by atoms with Crippen molar-refractivity contribution in [1.29, 1.82) is 0 Å². The molecule has 3 rings (SSSR count). The van der Waals surface area contributed by atoms with Gasteiger partial charge in [-0.3, -0.25) is 0 Å². The summed E-state index contributed by atoms with van der Waals surface area (Å²) >= 11 is 0. The van der Waals surface area contributed by atoms with Gasteiger partial charge in [0.1, 0.15) is 0 Å². The van der Waals surface area contributed by atoms with Crippen molar-refractivity contribution in [2.45, 2.75) is 25.4 Å². The third kappa shape index (κ3) is 4.46. The van der Waals surface area contributed by atoms with Gasteiger partial charge in [0.2, 0.25) is 0 Å². The lowest BCUT2D eigenvalue weighted by Crippen LogP contribution is -2.11. The molecule has 0 bridgehead atoms. The molecule has 1 N–H and O–H groups in total. The number of allylic oxidation sites excluding steroid dienone is 1. The molecular formula is C24H24O. The van der Waals surface area contributed by atoms with E-state index in [0.29, 0.717) is 0 Å². The first-order valence-electron chi connectivity index (χ1n) is 8.76. The zero-order valence-electron chi connectivity index (χ0n) is 14.5. The molecule has 0 aromatic heterocycles. The minimum absolute atomic E-state index is 0.0299. The molecule has 1 heteroatoms. The first kappa shape index (κ1) is 17.2. The SMILES string of the molecule is Cc1ccccc1C(O)C(C/C=C\c1ccccc1)c1ccccc1. The zero-order chi connectivity index (χ0) is 17.5. The lowest BCUT2D eigenvalue weighted by molar-refractivity contribution is 0.145. The maximum Gasteiger partial charge on any atom is 0.0864 e. The number of hydrogen-bond donors (Lipinski definition) is 1. The van der Waals surface area contributed by atoms with E-state index in [0.717, 1.165) is 23.1 Å². The van der Waals surface area contributed by atoms with E-state index in [1.54, 1.807) is 0 Å². The molecule has 2 unspecified atom stereocenters. The summed E-state index contributed by atoms with van der Waals surface area (Å²) in [6.07, 6.45) is 4.55. The fraction of sp³-hybridized carbons (Fsp3) is 0.167. The number of benzene rings is 3. The number of aliphatic hydroxyl groups is 1. The van der Waals surface area contributed by atoms with E-state index in [1.807, 2.05) is 54.6 Å². The number of rotatable bonds is 6. The van der Waals surface area contributed by atoms with Crippen molar-refractivity contribution in [1.82, 2.24) is 0 Å². The molecule has 0 amide bonds. The average Bonchev–Trinajstić information content (AvgIpc) is 2.67. The van der Waals surface area contributed by atoms with Crippen molar-refractivity contribution in [2.24, 2.45) is 0 Å². The molecule has 0 saturated carbocycles. The standard InChI is InChI=1S/C24H24O/c1-19-11-8-9-17-22(19)24(25)23(21-15-6-3-7-16-21)18-10-14-20-12-4-2-5-13-20/h2-17,23-25H,18H2,1H3/b14-10-. The summed E-state index contributed by atoms with van der Waals surface area (Å²) in [6.45, 7) is 2.06. The van der Waals surface area contributed by atoms with Gasteiger partial charge in [0.25, 0.3) is 0 Å². The van der Waals surface area contributed by atoms with E-state index >= 15 is 0 Å². The molecule has 0 aliphatic carbocycles. The minimum atomic E-state index is -0.524. The normalized spacial score (nSPS) is 13.7. The Labute approximate surface area is 150 Å². The van der Waals surface area contributed by atoms with Crippen LogP contribution in [-0.4, -0.2) is 5.11 Å². The van der Waals surface area contributed by atoms with Crippen LogP contribution >= 0.6 is 0 Å². The van der Waals surface area contributed by atoms with Crippen molar-refractivity contribution in [3.8, 4) is 0 Å². The number of hydrogen-bond acceptors (Lipinski definition) is 1. The van der Waals surface area contributed by atoms with E-state index in [4.69, 9.17) is 0 Å². The van der Waals surface area contributed by atoms with Gasteiger partial charge in [-0.2, -0.15) is 0 Å². The Morgan fingerprint density at radius 1 is 0.800 bits per heavy atom. The predicted molar refractivity (Wildman–Crippen MR) is 105 cm³/mol. The van der Waals surface area contributed by atoms with E-state index in [9.17, 15) is 5.11 Å². The van der Waals surface area contributed by atoms with Gasteiger partial charge in [0.05, 0.1) is 6.10 Å². The summed E-state index contributed by atoms with van der Waals surface area (Å²) < 4.78 is 0. The second-order valence-corrected chi connectivity index (χ2v) is 6.37. The Morgan fingerprint density at radius 3 is 2.08 bits per heavy atom. The Kier molecular flexibility index (Phi) is 5.81. The van der Waals surface area contributed by atoms with Gasteiger partial charge in [-0.05, 0) is 35.6 Å². The van der Waals surface area contributed by atoms with Crippen LogP contribution in [0.25, 0.3) is 6.08 Å². The van der Waals surface area contributed by atoms with Crippen molar-refractivity contribution in [2.75, 3.05) is 0 Å². The monoisotopic (exact) mass is 328 g/mol. The van der Waals surface area contributed by atoms with E-state index in [1.165, 1.54) is 5.56 Å². The van der Waals surface area contributed by atoms with Crippen LogP contribution in [0.3, 0.4) is 0 Å². The lowest BCUT2D eigenvalue weighted by atomic mass is 9.85. The van der Waals surface area contributed by atoms with Crippen LogP contribution in [0.1, 0.15) is 40.7 Å². The molecule has 3 aromatic rings. The van der Waals surface area contributed by atoms with Crippen LogP contribution in [0, 0.1) is 6.92 Å². The van der Waals surface area contributed by atoms with Gasteiger partial charge < -0.3 is 5.11 Å². The smallest absolute Gasteiger partial charge is 0.0864 e.